The molecular formula is C15H23FN2O. The minimum atomic E-state index is -0.142. The van der Waals surface area contributed by atoms with Crippen molar-refractivity contribution in [3.63, 3.8) is 0 Å². The van der Waals surface area contributed by atoms with E-state index in [1.54, 1.807) is 6.07 Å². The number of benzene rings is 1. The molecule has 1 fully saturated rings. The summed E-state index contributed by atoms with van der Waals surface area (Å²) in [4.78, 5) is 2.17. The number of likely N-dealkylation sites (N-methyl/N-ethyl adjacent to an activating group) is 1. The summed E-state index contributed by atoms with van der Waals surface area (Å²) >= 11 is 0. The lowest BCUT2D eigenvalue weighted by Gasteiger charge is -2.36. The number of hydrogen-bond acceptors (Lipinski definition) is 3. The summed E-state index contributed by atoms with van der Waals surface area (Å²) < 4.78 is 19.1. The van der Waals surface area contributed by atoms with Crippen LogP contribution in [0.3, 0.4) is 0 Å². The van der Waals surface area contributed by atoms with Gasteiger partial charge in [0.05, 0.1) is 0 Å². The van der Waals surface area contributed by atoms with Crippen LogP contribution in [0.2, 0.25) is 0 Å². The smallest absolute Gasteiger partial charge is 0.127 e. The molecule has 1 aliphatic rings. The Morgan fingerprint density at radius 1 is 1.37 bits per heavy atom. The van der Waals surface area contributed by atoms with Gasteiger partial charge in [0.15, 0.2) is 0 Å². The third-order valence-corrected chi connectivity index (χ3v) is 4.00. The highest BCUT2D eigenvalue weighted by atomic mass is 19.1. The van der Waals surface area contributed by atoms with E-state index in [1.165, 1.54) is 6.07 Å². The van der Waals surface area contributed by atoms with Gasteiger partial charge in [-0.1, -0.05) is 18.2 Å². The van der Waals surface area contributed by atoms with Gasteiger partial charge in [-0.05, 0) is 31.9 Å². The second-order valence-electron chi connectivity index (χ2n) is 5.26. The number of nitrogens with zero attached hydrogens (tertiary/aromatic N) is 1. The summed E-state index contributed by atoms with van der Waals surface area (Å²) in [6, 6.07) is 7.23. The maximum Gasteiger partial charge on any atom is 0.127 e. The van der Waals surface area contributed by atoms with E-state index in [4.69, 9.17) is 10.5 Å². The van der Waals surface area contributed by atoms with E-state index in [0.717, 1.165) is 31.6 Å². The molecule has 1 saturated heterocycles. The minimum Gasteiger partial charge on any atom is -0.381 e. The van der Waals surface area contributed by atoms with Crippen LogP contribution < -0.4 is 5.73 Å². The fourth-order valence-corrected chi connectivity index (χ4v) is 2.85. The number of rotatable bonds is 5. The van der Waals surface area contributed by atoms with Gasteiger partial charge in [0.1, 0.15) is 5.82 Å². The highest BCUT2D eigenvalue weighted by Gasteiger charge is 2.26. The van der Waals surface area contributed by atoms with Crippen LogP contribution in [0.1, 0.15) is 18.4 Å². The molecule has 1 heterocycles. The average molecular weight is 266 g/mol. The van der Waals surface area contributed by atoms with Gasteiger partial charge < -0.3 is 10.5 Å². The van der Waals surface area contributed by atoms with Gasteiger partial charge in [-0.2, -0.15) is 0 Å². The zero-order valence-corrected chi connectivity index (χ0v) is 11.5. The van der Waals surface area contributed by atoms with Gasteiger partial charge >= 0.3 is 0 Å². The minimum absolute atomic E-state index is 0.142. The molecule has 0 radical (unpaired) electrons. The van der Waals surface area contributed by atoms with Gasteiger partial charge in [-0.25, -0.2) is 4.39 Å². The Kier molecular flexibility index (Phi) is 5.31. The number of halogens is 1. The number of nitrogens with two attached hydrogens (primary N) is 1. The van der Waals surface area contributed by atoms with Crippen molar-refractivity contribution >= 4 is 0 Å². The summed E-state index contributed by atoms with van der Waals surface area (Å²) in [5.74, 6) is 0.410. The maximum absolute atomic E-state index is 13.7. The van der Waals surface area contributed by atoms with Crippen LogP contribution in [0.5, 0.6) is 0 Å². The van der Waals surface area contributed by atoms with Crippen LogP contribution in [0.4, 0.5) is 4.39 Å². The van der Waals surface area contributed by atoms with Gasteiger partial charge in [0, 0.05) is 37.9 Å². The predicted octanol–water partition coefficient (Wildman–Crippen LogP) is 2.01. The summed E-state index contributed by atoms with van der Waals surface area (Å²) in [6.45, 7) is 2.84. The SMILES string of the molecule is CN(Cc1ccccc1F)C(CN)C1CCOCC1. The zero-order chi connectivity index (χ0) is 13.7. The van der Waals surface area contributed by atoms with Crippen LogP contribution in [0.25, 0.3) is 0 Å². The van der Waals surface area contributed by atoms with Crippen molar-refractivity contribution in [1.29, 1.82) is 0 Å². The van der Waals surface area contributed by atoms with Crippen molar-refractivity contribution in [1.82, 2.24) is 4.90 Å². The number of ether oxygens (including phenoxy) is 1. The number of hydrogen-bond donors (Lipinski definition) is 1. The molecule has 0 amide bonds. The second-order valence-corrected chi connectivity index (χ2v) is 5.26. The third kappa shape index (κ3) is 3.75. The highest BCUT2D eigenvalue weighted by molar-refractivity contribution is 5.17. The van der Waals surface area contributed by atoms with Crippen molar-refractivity contribution in [2.45, 2.75) is 25.4 Å². The molecule has 0 spiro atoms. The van der Waals surface area contributed by atoms with Gasteiger partial charge in [-0.15, -0.1) is 0 Å². The third-order valence-electron chi connectivity index (χ3n) is 4.00. The van der Waals surface area contributed by atoms with E-state index in [2.05, 4.69) is 4.90 Å². The molecule has 1 unspecified atom stereocenters. The largest absolute Gasteiger partial charge is 0.381 e. The normalized spacial score (nSPS) is 18.7. The van der Waals surface area contributed by atoms with Gasteiger partial charge in [-0.3, -0.25) is 4.90 Å². The van der Waals surface area contributed by atoms with Gasteiger partial charge in [0.2, 0.25) is 0 Å². The molecule has 2 N–H and O–H groups in total. The highest BCUT2D eigenvalue weighted by Crippen LogP contribution is 2.23. The fraction of sp³-hybridized carbons (Fsp3) is 0.600. The lowest BCUT2D eigenvalue weighted by Crippen LogP contribution is -2.45. The first-order valence-electron chi connectivity index (χ1n) is 6.94. The van der Waals surface area contributed by atoms with Crippen LogP contribution in [0.15, 0.2) is 24.3 Å². The lowest BCUT2D eigenvalue weighted by atomic mass is 9.90. The zero-order valence-electron chi connectivity index (χ0n) is 11.5. The topological polar surface area (TPSA) is 38.5 Å². The van der Waals surface area contributed by atoms with Crippen molar-refractivity contribution in [2.24, 2.45) is 11.7 Å². The van der Waals surface area contributed by atoms with Crippen LogP contribution in [-0.2, 0) is 11.3 Å². The van der Waals surface area contributed by atoms with E-state index in [1.807, 2.05) is 19.2 Å². The molecule has 1 aliphatic heterocycles. The molecule has 0 aliphatic carbocycles. The monoisotopic (exact) mass is 266 g/mol. The Hall–Kier alpha value is -0.970. The molecule has 0 bridgehead atoms. The van der Waals surface area contributed by atoms with Crippen molar-refractivity contribution in [2.75, 3.05) is 26.8 Å². The Morgan fingerprint density at radius 3 is 2.68 bits per heavy atom. The molecule has 1 aromatic carbocycles. The molecule has 1 atom stereocenters. The summed E-state index contributed by atoms with van der Waals surface area (Å²) in [7, 11) is 2.03. The van der Waals surface area contributed by atoms with E-state index < -0.39 is 0 Å². The molecule has 3 nitrogen and oxygen atoms in total. The molecule has 4 heteroatoms. The average Bonchev–Trinajstić information content (AvgIpc) is 2.43. The van der Waals surface area contributed by atoms with E-state index in [0.29, 0.717) is 25.0 Å². The first kappa shape index (κ1) is 14.4. The van der Waals surface area contributed by atoms with Crippen molar-refractivity contribution in [3.05, 3.63) is 35.6 Å². The quantitative estimate of drug-likeness (QED) is 0.886. The van der Waals surface area contributed by atoms with Crippen molar-refractivity contribution in [3.8, 4) is 0 Å². The summed E-state index contributed by atoms with van der Waals surface area (Å²) in [5.41, 5.74) is 6.65. The predicted molar refractivity (Wildman–Crippen MR) is 74.3 cm³/mol. The van der Waals surface area contributed by atoms with Crippen LogP contribution in [-0.4, -0.2) is 37.7 Å². The van der Waals surface area contributed by atoms with E-state index in [9.17, 15) is 4.39 Å². The molecule has 2 rings (SSSR count). The van der Waals surface area contributed by atoms with E-state index in [-0.39, 0.29) is 5.82 Å². The van der Waals surface area contributed by atoms with Gasteiger partial charge in [0.25, 0.3) is 0 Å². The first-order chi connectivity index (χ1) is 9.22. The molecule has 0 aromatic heterocycles. The Balaban J connectivity index is 2.00. The molecular weight excluding hydrogens is 243 g/mol. The van der Waals surface area contributed by atoms with E-state index >= 15 is 0 Å². The second kappa shape index (κ2) is 6.98. The summed E-state index contributed by atoms with van der Waals surface area (Å²) in [6.07, 6.45) is 2.09. The Morgan fingerprint density at radius 2 is 2.05 bits per heavy atom. The van der Waals surface area contributed by atoms with Crippen LogP contribution >= 0.6 is 0 Å². The first-order valence-corrected chi connectivity index (χ1v) is 6.94. The molecule has 1 aromatic rings. The fourth-order valence-electron chi connectivity index (χ4n) is 2.85. The summed E-state index contributed by atoms with van der Waals surface area (Å²) in [5, 5.41) is 0. The molecule has 106 valence electrons. The molecule has 0 saturated carbocycles. The Bertz CT molecular complexity index is 393. The molecule has 19 heavy (non-hydrogen) atoms. The maximum atomic E-state index is 13.7. The van der Waals surface area contributed by atoms with Crippen molar-refractivity contribution < 1.29 is 9.13 Å². The standard InChI is InChI=1S/C15H23FN2O/c1-18(11-13-4-2-3-5-14(13)16)15(10-17)12-6-8-19-9-7-12/h2-5,12,15H,6-11,17H2,1H3. The Labute approximate surface area is 114 Å². The van der Waals surface area contributed by atoms with Crippen LogP contribution in [0, 0.1) is 11.7 Å². The lowest BCUT2D eigenvalue weighted by molar-refractivity contribution is 0.0319.